The van der Waals surface area contributed by atoms with Crippen LogP contribution in [-0.4, -0.2) is 31.8 Å². The molecule has 1 atom stereocenters. The molecule has 2 rings (SSSR count). The van der Waals surface area contributed by atoms with Gasteiger partial charge in [-0.3, -0.25) is 4.79 Å². The molecule has 1 heterocycles. The molecule has 0 aliphatic carbocycles. The number of hydrogen-bond donors (Lipinski definition) is 2. The first-order valence-corrected chi connectivity index (χ1v) is 7.21. The molecule has 5 nitrogen and oxygen atoms in total. The van der Waals surface area contributed by atoms with Crippen molar-refractivity contribution < 1.29 is 23.0 Å². The Kier molecular flexibility index (Phi) is 8.22. The SMILES string of the molecule is Cl.NC(C(=O)NCc1ccccc1OC(F)F)C1CCOCC1. The molecule has 1 aromatic rings. The molecule has 8 heteroatoms. The minimum Gasteiger partial charge on any atom is -0.434 e. The summed E-state index contributed by atoms with van der Waals surface area (Å²) in [4.78, 5) is 12.1. The quantitative estimate of drug-likeness (QED) is 0.824. The Morgan fingerprint density at radius 1 is 1.35 bits per heavy atom. The Morgan fingerprint density at radius 3 is 2.65 bits per heavy atom. The number of benzene rings is 1. The third-order valence-corrected chi connectivity index (χ3v) is 3.72. The lowest BCUT2D eigenvalue weighted by Crippen LogP contribution is -2.46. The fraction of sp³-hybridized carbons (Fsp3) is 0.533. The minimum atomic E-state index is -2.90. The summed E-state index contributed by atoms with van der Waals surface area (Å²) >= 11 is 0. The van der Waals surface area contributed by atoms with Crippen molar-refractivity contribution in [2.24, 2.45) is 11.7 Å². The molecular formula is C15H21ClF2N2O3. The van der Waals surface area contributed by atoms with E-state index in [9.17, 15) is 13.6 Å². The van der Waals surface area contributed by atoms with Crippen molar-refractivity contribution >= 4 is 18.3 Å². The Hall–Kier alpha value is -1.44. The molecular weight excluding hydrogens is 330 g/mol. The molecule has 3 N–H and O–H groups in total. The first-order chi connectivity index (χ1) is 10.6. The van der Waals surface area contributed by atoms with E-state index in [4.69, 9.17) is 10.5 Å². The van der Waals surface area contributed by atoms with Gasteiger partial charge in [-0.2, -0.15) is 8.78 Å². The van der Waals surface area contributed by atoms with Crippen molar-refractivity contribution in [2.75, 3.05) is 13.2 Å². The zero-order chi connectivity index (χ0) is 15.9. The maximum atomic E-state index is 12.3. The number of nitrogens with one attached hydrogen (secondary N) is 1. The van der Waals surface area contributed by atoms with Crippen LogP contribution in [0.1, 0.15) is 18.4 Å². The lowest BCUT2D eigenvalue weighted by atomic mass is 9.92. The second kappa shape index (κ2) is 9.64. The van der Waals surface area contributed by atoms with Crippen LogP contribution in [0.3, 0.4) is 0 Å². The van der Waals surface area contributed by atoms with Gasteiger partial charge in [-0.25, -0.2) is 0 Å². The predicted octanol–water partition coefficient (Wildman–Crippen LogP) is 2.08. The second-order valence-electron chi connectivity index (χ2n) is 5.18. The average molecular weight is 351 g/mol. The fourth-order valence-corrected chi connectivity index (χ4v) is 2.45. The van der Waals surface area contributed by atoms with Crippen molar-refractivity contribution in [3.05, 3.63) is 29.8 Å². The molecule has 0 aromatic heterocycles. The van der Waals surface area contributed by atoms with Crippen LogP contribution in [0.15, 0.2) is 24.3 Å². The highest BCUT2D eigenvalue weighted by Gasteiger charge is 2.26. The predicted molar refractivity (Wildman–Crippen MR) is 83.7 cm³/mol. The smallest absolute Gasteiger partial charge is 0.387 e. The monoisotopic (exact) mass is 350 g/mol. The van der Waals surface area contributed by atoms with Gasteiger partial charge in [-0.05, 0) is 24.8 Å². The maximum absolute atomic E-state index is 12.3. The lowest BCUT2D eigenvalue weighted by Gasteiger charge is -2.26. The number of ether oxygens (including phenoxy) is 2. The van der Waals surface area contributed by atoms with Crippen LogP contribution in [0.4, 0.5) is 8.78 Å². The Morgan fingerprint density at radius 2 is 2.00 bits per heavy atom. The summed E-state index contributed by atoms with van der Waals surface area (Å²) in [5.74, 6) is -0.155. The van der Waals surface area contributed by atoms with E-state index >= 15 is 0 Å². The molecule has 1 amide bonds. The van der Waals surface area contributed by atoms with Crippen molar-refractivity contribution in [1.82, 2.24) is 5.32 Å². The molecule has 1 aliphatic heterocycles. The number of carbonyl (C=O) groups excluding carboxylic acids is 1. The normalized spacial score (nSPS) is 16.5. The van der Waals surface area contributed by atoms with Gasteiger partial charge in [0.25, 0.3) is 0 Å². The van der Waals surface area contributed by atoms with Gasteiger partial charge in [-0.1, -0.05) is 18.2 Å². The van der Waals surface area contributed by atoms with E-state index < -0.39 is 12.7 Å². The van der Waals surface area contributed by atoms with Gasteiger partial charge in [0, 0.05) is 25.3 Å². The molecule has 1 unspecified atom stereocenters. The van der Waals surface area contributed by atoms with Gasteiger partial charge in [0.1, 0.15) is 5.75 Å². The number of alkyl halides is 2. The summed E-state index contributed by atoms with van der Waals surface area (Å²) in [7, 11) is 0. The lowest BCUT2D eigenvalue weighted by molar-refractivity contribution is -0.124. The van der Waals surface area contributed by atoms with E-state index in [1.54, 1.807) is 18.2 Å². The van der Waals surface area contributed by atoms with E-state index in [0.29, 0.717) is 18.8 Å². The number of rotatable bonds is 6. The van der Waals surface area contributed by atoms with E-state index in [1.165, 1.54) is 6.07 Å². The number of carbonyl (C=O) groups is 1. The van der Waals surface area contributed by atoms with Crippen molar-refractivity contribution in [1.29, 1.82) is 0 Å². The molecule has 23 heavy (non-hydrogen) atoms. The molecule has 1 fully saturated rings. The first-order valence-electron chi connectivity index (χ1n) is 7.21. The van der Waals surface area contributed by atoms with Crippen LogP contribution in [0, 0.1) is 5.92 Å². The molecule has 0 spiro atoms. The van der Waals surface area contributed by atoms with E-state index in [2.05, 4.69) is 10.1 Å². The van der Waals surface area contributed by atoms with Gasteiger partial charge in [0.05, 0.1) is 6.04 Å². The summed E-state index contributed by atoms with van der Waals surface area (Å²) in [6.45, 7) is -1.59. The van der Waals surface area contributed by atoms with Gasteiger partial charge in [0.2, 0.25) is 5.91 Å². The number of nitrogens with two attached hydrogens (primary N) is 1. The van der Waals surface area contributed by atoms with Crippen LogP contribution in [0.5, 0.6) is 5.75 Å². The van der Waals surface area contributed by atoms with Gasteiger partial charge < -0.3 is 20.5 Å². The number of hydrogen-bond acceptors (Lipinski definition) is 4. The molecule has 0 bridgehead atoms. The summed E-state index contributed by atoms with van der Waals surface area (Å²) in [5.41, 5.74) is 6.44. The molecule has 0 saturated carbocycles. The van der Waals surface area contributed by atoms with Crippen molar-refractivity contribution in [2.45, 2.75) is 32.0 Å². The summed E-state index contributed by atoms with van der Waals surface area (Å²) in [5, 5.41) is 2.68. The minimum absolute atomic E-state index is 0. The van der Waals surface area contributed by atoms with Gasteiger partial charge >= 0.3 is 6.61 Å². The fourth-order valence-electron chi connectivity index (χ4n) is 2.45. The highest BCUT2D eigenvalue weighted by Crippen LogP contribution is 2.21. The molecule has 1 aromatic carbocycles. The standard InChI is InChI=1S/C15H20F2N2O3.ClH/c16-15(17)22-12-4-2-1-3-11(12)9-19-14(20)13(18)10-5-7-21-8-6-10;/h1-4,10,13,15H,5-9,18H2,(H,19,20);1H. The van der Waals surface area contributed by atoms with E-state index in [-0.39, 0.29) is 36.5 Å². The third kappa shape index (κ3) is 5.93. The average Bonchev–Trinajstić information content (AvgIpc) is 2.53. The third-order valence-electron chi connectivity index (χ3n) is 3.72. The van der Waals surface area contributed by atoms with Crippen LogP contribution in [0.25, 0.3) is 0 Å². The van der Waals surface area contributed by atoms with Crippen LogP contribution >= 0.6 is 12.4 Å². The number of halogens is 3. The first kappa shape index (κ1) is 19.6. The summed E-state index contributed by atoms with van der Waals surface area (Å²) in [6, 6.07) is 5.73. The largest absolute Gasteiger partial charge is 0.434 e. The highest BCUT2D eigenvalue weighted by atomic mass is 35.5. The van der Waals surface area contributed by atoms with Gasteiger partial charge in [0.15, 0.2) is 0 Å². The van der Waals surface area contributed by atoms with Crippen LogP contribution in [-0.2, 0) is 16.1 Å². The zero-order valence-corrected chi connectivity index (χ0v) is 13.4. The van der Waals surface area contributed by atoms with E-state index in [0.717, 1.165) is 12.8 Å². The zero-order valence-electron chi connectivity index (χ0n) is 12.5. The number of amides is 1. The molecule has 1 saturated heterocycles. The Bertz CT molecular complexity index is 499. The summed E-state index contributed by atoms with van der Waals surface area (Å²) < 4.78 is 34.3. The topological polar surface area (TPSA) is 73.6 Å². The Balaban J connectivity index is 0.00000264. The van der Waals surface area contributed by atoms with Gasteiger partial charge in [-0.15, -0.1) is 12.4 Å². The Labute approximate surface area is 139 Å². The maximum Gasteiger partial charge on any atom is 0.387 e. The summed E-state index contributed by atoms with van der Waals surface area (Å²) in [6.07, 6.45) is 1.50. The van der Waals surface area contributed by atoms with E-state index in [1.807, 2.05) is 0 Å². The van der Waals surface area contributed by atoms with Crippen LogP contribution in [0.2, 0.25) is 0 Å². The number of para-hydroxylation sites is 1. The molecule has 1 aliphatic rings. The van der Waals surface area contributed by atoms with Crippen molar-refractivity contribution in [3.63, 3.8) is 0 Å². The second-order valence-corrected chi connectivity index (χ2v) is 5.18. The van der Waals surface area contributed by atoms with Crippen LogP contribution < -0.4 is 15.8 Å². The molecule has 0 radical (unpaired) electrons. The highest BCUT2D eigenvalue weighted by molar-refractivity contribution is 5.85. The van der Waals surface area contributed by atoms with Crippen molar-refractivity contribution in [3.8, 4) is 5.75 Å². The molecule has 130 valence electrons.